The number of rotatable bonds is 7. The van der Waals surface area contributed by atoms with Gasteiger partial charge in [-0.2, -0.15) is 0 Å². The molecular weight excluding hydrogens is 318 g/mol. The Labute approximate surface area is 120 Å². The molecule has 108 valence electrons. The first-order valence-corrected chi connectivity index (χ1v) is 7.06. The van der Waals surface area contributed by atoms with Crippen LogP contribution in [0.4, 0.5) is 14.5 Å². The van der Waals surface area contributed by atoms with Crippen molar-refractivity contribution in [2.24, 2.45) is 0 Å². The second kappa shape index (κ2) is 7.77. The Bertz CT molecular complexity index is 391. The predicted octanol–water partition coefficient (Wildman–Crippen LogP) is 2.84. The van der Waals surface area contributed by atoms with Crippen molar-refractivity contribution in [1.29, 1.82) is 0 Å². The summed E-state index contributed by atoms with van der Waals surface area (Å²) < 4.78 is 27.4. The van der Waals surface area contributed by atoms with E-state index in [4.69, 9.17) is 0 Å². The van der Waals surface area contributed by atoms with Crippen LogP contribution < -0.4 is 5.32 Å². The van der Waals surface area contributed by atoms with E-state index in [1.807, 2.05) is 18.7 Å². The van der Waals surface area contributed by atoms with Gasteiger partial charge in [0.25, 0.3) is 0 Å². The number of anilines is 1. The topological polar surface area (TPSA) is 35.5 Å². The van der Waals surface area contributed by atoms with Crippen LogP contribution in [-0.4, -0.2) is 42.3 Å². The largest absolute Gasteiger partial charge is 0.390 e. The molecule has 0 aromatic heterocycles. The Hall–Kier alpha value is -0.720. The summed E-state index contributed by atoms with van der Waals surface area (Å²) in [5, 5.41) is 12.4. The summed E-state index contributed by atoms with van der Waals surface area (Å²) in [4.78, 5) is 2.04. The molecule has 0 aliphatic rings. The highest BCUT2D eigenvalue weighted by Gasteiger charge is 2.13. The summed E-state index contributed by atoms with van der Waals surface area (Å²) in [6, 6.07) is 2.37. The van der Waals surface area contributed by atoms with Crippen LogP contribution in [0.15, 0.2) is 16.6 Å². The van der Waals surface area contributed by atoms with Gasteiger partial charge in [0.05, 0.1) is 6.10 Å². The maximum Gasteiger partial charge on any atom is 0.150 e. The van der Waals surface area contributed by atoms with Gasteiger partial charge >= 0.3 is 0 Å². The quantitative estimate of drug-likeness (QED) is 0.803. The zero-order valence-electron chi connectivity index (χ0n) is 11.1. The molecule has 0 saturated heterocycles. The normalized spacial score (nSPS) is 12.8. The smallest absolute Gasteiger partial charge is 0.150 e. The minimum absolute atomic E-state index is 0.103. The Morgan fingerprint density at radius 3 is 2.26 bits per heavy atom. The molecule has 1 atom stereocenters. The van der Waals surface area contributed by atoms with Crippen molar-refractivity contribution in [2.75, 3.05) is 31.5 Å². The van der Waals surface area contributed by atoms with Crippen molar-refractivity contribution >= 4 is 21.6 Å². The number of nitrogens with zero attached hydrogens (tertiary/aromatic N) is 1. The third kappa shape index (κ3) is 5.04. The number of nitrogens with one attached hydrogen (secondary N) is 1. The van der Waals surface area contributed by atoms with Gasteiger partial charge in [-0.3, -0.25) is 0 Å². The molecule has 0 heterocycles. The van der Waals surface area contributed by atoms with Crippen molar-refractivity contribution in [3.63, 3.8) is 0 Å². The van der Waals surface area contributed by atoms with Gasteiger partial charge in [0.2, 0.25) is 0 Å². The maximum absolute atomic E-state index is 13.5. The lowest BCUT2D eigenvalue weighted by Crippen LogP contribution is -2.36. The highest BCUT2D eigenvalue weighted by molar-refractivity contribution is 9.10. The number of hydrogen-bond donors (Lipinski definition) is 2. The van der Waals surface area contributed by atoms with E-state index in [1.54, 1.807) is 0 Å². The molecule has 6 heteroatoms. The molecule has 1 rings (SSSR count). The number of halogens is 3. The molecule has 0 spiro atoms. The van der Waals surface area contributed by atoms with Crippen LogP contribution in [-0.2, 0) is 0 Å². The van der Waals surface area contributed by atoms with E-state index in [1.165, 1.54) is 12.1 Å². The van der Waals surface area contributed by atoms with E-state index in [0.717, 1.165) is 13.1 Å². The molecule has 0 fully saturated rings. The predicted molar refractivity (Wildman–Crippen MR) is 76.3 cm³/mol. The van der Waals surface area contributed by atoms with Crippen molar-refractivity contribution in [3.05, 3.63) is 28.2 Å². The highest BCUT2D eigenvalue weighted by atomic mass is 79.9. The fourth-order valence-electron chi connectivity index (χ4n) is 1.78. The van der Waals surface area contributed by atoms with Gasteiger partial charge in [0.15, 0.2) is 0 Å². The molecule has 0 aliphatic carbocycles. The summed E-state index contributed by atoms with van der Waals surface area (Å²) in [6.45, 7) is 6.23. The lowest BCUT2D eigenvalue weighted by molar-refractivity contribution is 0.128. The molecule has 1 aromatic rings. The Kier molecular flexibility index (Phi) is 6.68. The summed E-state index contributed by atoms with van der Waals surface area (Å²) in [5.41, 5.74) is -0.207. The lowest BCUT2D eigenvalue weighted by atomic mass is 10.2. The first kappa shape index (κ1) is 16.3. The van der Waals surface area contributed by atoms with Crippen LogP contribution in [0.5, 0.6) is 0 Å². The van der Waals surface area contributed by atoms with Crippen molar-refractivity contribution in [1.82, 2.24) is 4.90 Å². The third-order valence-corrected chi connectivity index (χ3v) is 3.34. The molecule has 1 unspecified atom stereocenters. The van der Waals surface area contributed by atoms with E-state index in [2.05, 4.69) is 21.2 Å². The van der Waals surface area contributed by atoms with Gasteiger partial charge in [-0.15, -0.1) is 0 Å². The molecule has 19 heavy (non-hydrogen) atoms. The van der Waals surface area contributed by atoms with E-state index >= 15 is 0 Å². The first-order chi connectivity index (χ1) is 8.97. The molecule has 1 aromatic carbocycles. The van der Waals surface area contributed by atoms with Crippen LogP contribution in [0.1, 0.15) is 13.8 Å². The van der Waals surface area contributed by atoms with E-state index in [-0.39, 0.29) is 12.2 Å². The van der Waals surface area contributed by atoms with Gasteiger partial charge in [0, 0.05) is 17.6 Å². The maximum atomic E-state index is 13.5. The number of benzene rings is 1. The minimum Gasteiger partial charge on any atom is -0.390 e. The molecule has 0 aliphatic heterocycles. The zero-order valence-corrected chi connectivity index (χ0v) is 12.7. The van der Waals surface area contributed by atoms with Crippen molar-refractivity contribution in [2.45, 2.75) is 20.0 Å². The highest BCUT2D eigenvalue weighted by Crippen LogP contribution is 2.23. The molecule has 0 amide bonds. The van der Waals surface area contributed by atoms with Crippen LogP contribution >= 0.6 is 15.9 Å². The third-order valence-electron chi connectivity index (χ3n) is 2.88. The summed E-state index contributed by atoms with van der Waals surface area (Å²) in [7, 11) is 0. The standard InChI is InChI=1S/C13H19BrF2N2O/c1-3-18(4-2)8-10(19)7-17-13-11(15)5-9(14)6-12(13)16/h5-6,10,17,19H,3-4,7-8H2,1-2H3. The van der Waals surface area contributed by atoms with Crippen molar-refractivity contribution < 1.29 is 13.9 Å². The van der Waals surface area contributed by atoms with E-state index < -0.39 is 17.7 Å². The summed E-state index contributed by atoms with van der Waals surface area (Å²) >= 11 is 3.01. The average molecular weight is 337 g/mol. The summed E-state index contributed by atoms with van der Waals surface area (Å²) in [6.07, 6.45) is -0.678. The lowest BCUT2D eigenvalue weighted by Gasteiger charge is -2.22. The molecule has 3 nitrogen and oxygen atoms in total. The van der Waals surface area contributed by atoms with Crippen molar-refractivity contribution in [3.8, 4) is 0 Å². The Morgan fingerprint density at radius 2 is 1.79 bits per heavy atom. The average Bonchev–Trinajstić information content (AvgIpc) is 2.34. The molecule has 0 radical (unpaired) electrons. The number of likely N-dealkylation sites (N-methyl/N-ethyl adjacent to an activating group) is 1. The molecule has 0 saturated carbocycles. The second-order valence-electron chi connectivity index (χ2n) is 4.27. The fraction of sp³-hybridized carbons (Fsp3) is 0.538. The monoisotopic (exact) mass is 336 g/mol. The Morgan fingerprint density at radius 1 is 1.26 bits per heavy atom. The van der Waals surface area contributed by atoms with Crippen LogP contribution in [0.25, 0.3) is 0 Å². The molecule has 0 bridgehead atoms. The summed E-state index contributed by atoms with van der Waals surface area (Å²) in [5.74, 6) is -1.36. The van der Waals surface area contributed by atoms with Gasteiger partial charge in [-0.25, -0.2) is 8.78 Å². The minimum atomic E-state index is -0.679. The van der Waals surface area contributed by atoms with E-state index in [9.17, 15) is 13.9 Å². The second-order valence-corrected chi connectivity index (χ2v) is 5.18. The fourth-order valence-corrected chi connectivity index (χ4v) is 2.18. The molecular formula is C13H19BrF2N2O. The number of hydrogen-bond acceptors (Lipinski definition) is 3. The SMILES string of the molecule is CCN(CC)CC(O)CNc1c(F)cc(Br)cc1F. The van der Waals surface area contributed by atoms with Gasteiger partial charge in [-0.05, 0) is 25.2 Å². The van der Waals surface area contributed by atoms with E-state index in [0.29, 0.717) is 11.0 Å². The van der Waals surface area contributed by atoms with Gasteiger partial charge in [0.1, 0.15) is 17.3 Å². The first-order valence-electron chi connectivity index (χ1n) is 6.26. The van der Waals surface area contributed by atoms with Crippen LogP contribution in [0.2, 0.25) is 0 Å². The van der Waals surface area contributed by atoms with Crippen LogP contribution in [0, 0.1) is 11.6 Å². The van der Waals surface area contributed by atoms with Gasteiger partial charge in [-0.1, -0.05) is 29.8 Å². The van der Waals surface area contributed by atoms with Gasteiger partial charge < -0.3 is 15.3 Å². The number of aliphatic hydroxyl groups excluding tert-OH is 1. The Balaban J connectivity index is 2.57. The van der Waals surface area contributed by atoms with Crippen LogP contribution in [0.3, 0.4) is 0 Å². The zero-order chi connectivity index (χ0) is 14.4. The number of aliphatic hydroxyl groups is 1. The molecule has 2 N–H and O–H groups in total.